The van der Waals surface area contributed by atoms with E-state index in [2.05, 4.69) is 5.32 Å². The van der Waals surface area contributed by atoms with E-state index in [9.17, 15) is 9.59 Å². The summed E-state index contributed by atoms with van der Waals surface area (Å²) in [5, 5.41) is 11.7. The average molecular weight is 312 g/mol. The maximum Gasteiger partial charge on any atom is 0.253 e. The van der Waals surface area contributed by atoms with Gasteiger partial charge in [-0.2, -0.15) is 0 Å². The Kier molecular flexibility index (Phi) is 5.88. The molecule has 5 heteroatoms. The molecule has 23 heavy (non-hydrogen) atoms. The van der Waals surface area contributed by atoms with Crippen molar-refractivity contribution in [3.05, 3.63) is 71.3 Å². The highest BCUT2D eigenvalue weighted by Gasteiger charge is 2.11. The molecule has 0 aliphatic rings. The van der Waals surface area contributed by atoms with E-state index >= 15 is 0 Å². The molecule has 5 nitrogen and oxygen atoms in total. The Balaban J connectivity index is 1.93. The molecule has 2 aromatic carbocycles. The van der Waals surface area contributed by atoms with Crippen LogP contribution in [0.2, 0.25) is 0 Å². The lowest BCUT2D eigenvalue weighted by atomic mass is 10.1. The second-order valence-corrected chi connectivity index (χ2v) is 5.20. The lowest BCUT2D eigenvalue weighted by Crippen LogP contribution is -2.29. The van der Waals surface area contributed by atoms with Crippen molar-refractivity contribution in [1.29, 1.82) is 0 Å². The number of likely N-dealkylation sites (N-methyl/N-ethyl adjacent to an activating group) is 1. The van der Waals surface area contributed by atoms with Gasteiger partial charge in [0.2, 0.25) is 0 Å². The molecule has 0 aromatic heterocycles. The van der Waals surface area contributed by atoms with Gasteiger partial charge in [-0.05, 0) is 29.8 Å². The van der Waals surface area contributed by atoms with Crippen LogP contribution in [0.5, 0.6) is 0 Å². The number of aliphatic hydroxyl groups excluding tert-OH is 1. The predicted molar refractivity (Wildman–Crippen MR) is 88.1 cm³/mol. The lowest BCUT2D eigenvalue weighted by molar-refractivity contribution is 0.0766. The summed E-state index contributed by atoms with van der Waals surface area (Å²) in [5.41, 5.74) is 2.08. The maximum absolute atomic E-state index is 12.0. The summed E-state index contributed by atoms with van der Waals surface area (Å²) >= 11 is 0. The summed E-state index contributed by atoms with van der Waals surface area (Å²) in [6, 6.07) is 16.1. The first-order chi connectivity index (χ1) is 11.1. The van der Waals surface area contributed by atoms with Crippen LogP contribution >= 0.6 is 0 Å². The standard InChI is InChI=1S/C18H20N2O3/c1-20(11-12-21)18(23)16-9-7-14(8-10-16)13-19-17(22)15-5-3-2-4-6-15/h2-10,21H,11-13H2,1H3,(H,19,22). The van der Waals surface area contributed by atoms with Crippen LogP contribution in [0.3, 0.4) is 0 Å². The first-order valence-corrected chi connectivity index (χ1v) is 7.40. The fraction of sp³-hybridized carbons (Fsp3) is 0.222. The highest BCUT2D eigenvalue weighted by atomic mass is 16.3. The van der Waals surface area contributed by atoms with Crippen molar-refractivity contribution in [2.24, 2.45) is 0 Å². The highest BCUT2D eigenvalue weighted by molar-refractivity contribution is 5.94. The van der Waals surface area contributed by atoms with E-state index < -0.39 is 0 Å². The van der Waals surface area contributed by atoms with Crippen molar-refractivity contribution in [2.45, 2.75) is 6.54 Å². The Morgan fingerprint density at radius 2 is 1.65 bits per heavy atom. The highest BCUT2D eigenvalue weighted by Crippen LogP contribution is 2.07. The molecule has 0 atom stereocenters. The fourth-order valence-corrected chi connectivity index (χ4v) is 2.11. The third kappa shape index (κ3) is 4.66. The minimum absolute atomic E-state index is 0.0636. The van der Waals surface area contributed by atoms with Crippen molar-refractivity contribution in [3.8, 4) is 0 Å². The Morgan fingerprint density at radius 3 is 2.26 bits per heavy atom. The van der Waals surface area contributed by atoms with E-state index in [0.717, 1.165) is 5.56 Å². The van der Waals surface area contributed by atoms with Crippen molar-refractivity contribution in [3.63, 3.8) is 0 Å². The smallest absolute Gasteiger partial charge is 0.253 e. The van der Waals surface area contributed by atoms with Crippen molar-refractivity contribution >= 4 is 11.8 Å². The molecular formula is C18H20N2O3. The largest absolute Gasteiger partial charge is 0.395 e. The molecule has 0 radical (unpaired) electrons. The van der Waals surface area contributed by atoms with Gasteiger partial charge in [0.05, 0.1) is 6.61 Å². The minimum atomic E-state index is -0.140. The Hall–Kier alpha value is -2.66. The summed E-state index contributed by atoms with van der Waals surface area (Å²) in [7, 11) is 1.65. The number of nitrogens with zero attached hydrogens (tertiary/aromatic N) is 1. The molecule has 2 aromatic rings. The molecule has 0 saturated heterocycles. The Morgan fingerprint density at radius 1 is 1.00 bits per heavy atom. The van der Waals surface area contributed by atoms with Gasteiger partial charge < -0.3 is 15.3 Å². The Labute approximate surface area is 135 Å². The number of rotatable bonds is 6. The van der Waals surface area contributed by atoms with Gasteiger partial charge in [0.25, 0.3) is 11.8 Å². The van der Waals surface area contributed by atoms with E-state index in [1.807, 2.05) is 30.3 Å². The van der Waals surface area contributed by atoms with Crippen LogP contribution in [0.1, 0.15) is 26.3 Å². The van der Waals surface area contributed by atoms with Gasteiger partial charge in [0.15, 0.2) is 0 Å². The monoisotopic (exact) mass is 312 g/mol. The topological polar surface area (TPSA) is 69.6 Å². The molecule has 0 fully saturated rings. The summed E-state index contributed by atoms with van der Waals surface area (Å²) < 4.78 is 0. The zero-order chi connectivity index (χ0) is 16.7. The van der Waals surface area contributed by atoms with Crippen LogP contribution in [0.25, 0.3) is 0 Å². The molecule has 0 aliphatic heterocycles. The molecule has 0 unspecified atom stereocenters. The van der Waals surface area contributed by atoms with Gasteiger partial charge in [-0.15, -0.1) is 0 Å². The van der Waals surface area contributed by atoms with E-state index in [0.29, 0.717) is 24.2 Å². The van der Waals surface area contributed by atoms with Crippen LogP contribution in [0.15, 0.2) is 54.6 Å². The Bertz CT molecular complexity index is 654. The number of hydrogen-bond acceptors (Lipinski definition) is 3. The molecule has 0 saturated carbocycles. The quantitative estimate of drug-likeness (QED) is 0.852. The van der Waals surface area contributed by atoms with Gasteiger partial charge >= 0.3 is 0 Å². The fourth-order valence-electron chi connectivity index (χ4n) is 2.11. The molecule has 0 heterocycles. The van der Waals surface area contributed by atoms with Crippen LogP contribution in [-0.4, -0.2) is 42.0 Å². The average Bonchev–Trinajstić information content (AvgIpc) is 2.60. The minimum Gasteiger partial charge on any atom is -0.395 e. The third-order valence-corrected chi connectivity index (χ3v) is 3.47. The van der Waals surface area contributed by atoms with Crippen molar-refractivity contribution < 1.29 is 14.7 Å². The number of carbonyl (C=O) groups is 2. The predicted octanol–water partition coefficient (Wildman–Crippen LogP) is 1.68. The van der Waals surface area contributed by atoms with Gasteiger partial charge in [0, 0.05) is 31.3 Å². The summed E-state index contributed by atoms with van der Waals surface area (Å²) in [6.45, 7) is 0.633. The van der Waals surface area contributed by atoms with Crippen molar-refractivity contribution in [1.82, 2.24) is 10.2 Å². The second kappa shape index (κ2) is 8.10. The molecule has 0 bridgehead atoms. The van der Waals surface area contributed by atoms with E-state index in [1.165, 1.54) is 4.90 Å². The molecule has 120 valence electrons. The zero-order valence-corrected chi connectivity index (χ0v) is 13.0. The molecule has 2 N–H and O–H groups in total. The third-order valence-electron chi connectivity index (χ3n) is 3.47. The number of hydrogen-bond donors (Lipinski definition) is 2. The lowest BCUT2D eigenvalue weighted by Gasteiger charge is -2.15. The van der Waals surface area contributed by atoms with Crippen LogP contribution in [0, 0.1) is 0 Å². The van der Waals surface area contributed by atoms with Gasteiger partial charge in [-0.25, -0.2) is 0 Å². The second-order valence-electron chi connectivity index (χ2n) is 5.20. The molecule has 0 spiro atoms. The molecular weight excluding hydrogens is 292 g/mol. The number of benzene rings is 2. The van der Waals surface area contributed by atoms with Crippen LogP contribution in [0.4, 0.5) is 0 Å². The van der Waals surface area contributed by atoms with Gasteiger partial charge in [0.1, 0.15) is 0 Å². The molecule has 0 aliphatic carbocycles. The normalized spacial score (nSPS) is 10.2. The van der Waals surface area contributed by atoms with Gasteiger partial charge in [-0.3, -0.25) is 9.59 Å². The number of amides is 2. The first kappa shape index (κ1) is 16.7. The number of aliphatic hydroxyl groups is 1. The molecule has 2 amide bonds. The van der Waals surface area contributed by atoms with E-state index in [-0.39, 0.29) is 18.4 Å². The summed E-state index contributed by atoms with van der Waals surface area (Å²) in [4.78, 5) is 25.5. The SMILES string of the molecule is CN(CCO)C(=O)c1ccc(CNC(=O)c2ccccc2)cc1. The zero-order valence-electron chi connectivity index (χ0n) is 13.0. The number of carbonyl (C=O) groups excluding carboxylic acids is 2. The summed E-state index contributed by atoms with van der Waals surface area (Å²) in [5.74, 6) is -0.271. The van der Waals surface area contributed by atoms with Crippen LogP contribution < -0.4 is 5.32 Å². The maximum atomic E-state index is 12.0. The van der Waals surface area contributed by atoms with Gasteiger partial charge in [-0.1, -0.05) is 30.3 Å². The van der Waals surface area contributed by atoms with E-state index in [4.69, 9.17) is 5.11 Å². The van der Waals surface area contributed by atoms with Crippen LogP contribution in [-0.2, 0) is 6.54 Å². The first-order valence-electron chi connectivity index (χ1n) is 7.40. The molecule has 2 rings (SSSR count). The number of nitrogens with one attached hydrogen (secondary N) is 1. The van der Waals surface area contributed by atoms with E-state index in [1.54, 1.807) is 31.3 Å². The summed E-state index contributed by atoms with van der Waals surface area (Å²) in [6.07, 6.45) is 0. The van der Waals surface area contributed by atoms with Crippen molar-refractivity contribution in [2.75, 3.05) is 20.2 Å².